The van der Waals surface area contributed by atoms with Gasteiger partial charge in [-0.15, -0.1) is 0 Å². The van der Waals surface area contributed by atoms with Gasteiger partial charge in [0.05, 0.1) is 5.56 Å². The maximum atomic E-state index is 13.0. The largest absolute Gasteiger partial charge is 0.416 e. The summed E-state index contributed by atoms with van der Waals surface area (Å²) < 4.78 is 41.0. The van der Waals surface area contributed by atoms with Crippen LogP contribution in [0.25, 0.3) is 16.8 Å². The Hall–Kier alpha value is -4.48. The van der Waals surface area contributed by atoms with Crippen LogP contribution in [0, 0.1) is 0 Å². The molecule has 0 radical (unpaired) electrons. The topological polar surface area (TPSA) is 119 Å². The molecule has 1 aromatic carbocycles. The van der Waals surface area contributed by atoms with Crippen molar-refractivity contribution in [1.82, 2.24) is 24.3 Å². The molecule has 2 amide bonds. The number of piperidine rings is 1. The monoisotopic (exact) mass is 549 g/mol. The fraction of sp³-hybridized carbons (Fsp3) is 0.321. The van der Waals surface area contributed by atoms with E-state index in [9.17, 15) is 22.8 Å². The lowest BCUT2D eigenvalue weighted by Crippen LogP contribution is -2.49. The quantitative estimate of drug-likeness (QED) is 0.382. The molecule has 9 nitrogen and oxygen atoms in total. The van der Waals surface area contributed by atoms with Gasteiger partial charge in [0.1, 0.15) is 28.7 Å². The average Bonchev–Trinajstić information content (AvgIpc) is 3.50. The van der Waals surface area contributed by atoms with Gasteiger partial charge in [-0.25, -0.2) is 15.0 Å². The lowest BCUT2D eigenvalue weighted by Gasteiger charge is -2.41. The number of nitrogens with zero attached hydrogens (tertiary/aromatic N) is 5. The molecule has 2 saturated heterocycles. The average molecular weight is 550 g/mol. The molecule has 40 heavy (non-hydrogen) atoms. The SMILES string of the molecule is C[C@@]1(c2nc(-c3ccc(C(=O)Nc4cc(C(F)(F)F)ccn4)cc3)c3c(N)nccn23)CC[C@H]2CCC(=O)N2C1. The maximum Gasteiger partial charge on any atom is 0.416 e. The van der Waals surface area contributed by atoms with Gasteiger partial charge in [0, 0.05) is 54.1 Å². The van der Waals surface area contributed by atoms with Crippen molar-refractivity contribution in [2.75, 3.05) is 17.6 Å². The van der Waals surface area contributed by atoms with E-state index < -0.39 is 23.1 Å². The van der Waals surface area contributed by atoms with Gasteiger partial charge in [-0.1, -0.05) is 19.1 Å². The van der Waals surface area contributed by atoms with Crippen LogP contribution in [0.4, 0.5) is 24.8 Å². The summed E-state index contributed by atoms with van der Waals surface area (Å²) in [4.78, 5) is 40.3. The first-order valence-corrected chi connectivity index (χ1v) is 12.9. The van der Waals surface area contributed by atoms with Crippen molar-refractivity contribution in [1.29, 1.82) is 0 Å². The molecule has 2 aliphatic heterocycles. The van der Waals surface area contributed by atoms with Gasteiger partial charge in [-0.05, 0) is 43.5 Å². The molecular formula is C28H26F3N7O2. The second-order valence-electron chi connectivity index (χ2n) is 10.6. The molecule has 0 spiro atoms. The molecule has 206 valence electrons. The zero-order chi connectivity index (χ0) is 28.2. The number of fused-ring (bicyclic) bond motifs is 2. The number of aromatic nitrogens is 4. The minimum Gasteiger partial charge on any atom is -0.382 e. The van der Waals surface area contributed by atoms with Crippen molar-refractivity contribution in [2.45, 2.75) is 50.2 Å². The highest BCUT2D eigenvalue weighted by Gasteiger charge is 2.45. The van der Waals surface area contributed by atoms with Gasteiger partial charge in [0.2, 0.25) is 5.91 Å². The highest BCUT2D eigenvalue weighted by Crippen LogP contribution is 2.41. The Morgan fingerprint density at radius 1 is 1.12 bits per heavy atom. The van der Waals surface area contributed by atoms with Gasteiger partial charge >= 0.3 is 6.18 Å². The molecule has 2 fully saturated rings. The fourth-order valence-electron chi connectivity index (χ4n) is 5.77. The second kappa shape index (κ2) is 9.32. The van der Waals surface area contributed by atoms with Crippen LogP contribution in [0.1, 0.15) is 54.4 Å². The van der Waals surface area contributed by atoms with Gasteiger partial charge in [-0.3, -0.25) is 14.0 Å². The first-order valence-electron chi connectivity index (χ1n) is 12.9. The Morgan fingerprint density at radius 2 is 1.90 bits per heavy atom. The number of pyridine rings is 1. The summed E-state index contributed by atoms with van der Waals surface area (Å²) >= 11 is 0. The van der Waals surface area contributed by atoms with Crippen LogP contribution in [0.3, 0.4) is 0 Å². The van der Waals surface area contributed by atoms with Crippen LogP contribution < -0.4 is 11.1 Å². The van der Waals surface area contributed by atoms with Crippen molar-refractivity contribution in [3.63, 3.8) is 0 Å². The van der Waals surface area contributed by atoms with Crippen LogP contribution in [-0.4, -0.2) is 48.7 Å². The van der Waals surface area contributed by atoms with E-state index in [2.05, 4.69) is 22.2 Å². The Morgan fingerprint density at radius 3 is 2.65 bits per heavy atom. The number of imidazole rings is 1. The van der Waals surface area contributed by atoms with Crippen molar-refractivity contribution in [3.8, 4) is 11.3 Å². The number of carbonyl (C=O) groups is 2. The summed E-state index contributed by atoms with van der Waals surface area (Å²) in [6, 6.07) is 8.43. The summed E-state index contributed by atoms with van der Waals surface area (Å²) in [5.41, 5.74) is 7.13. The Labute approximate surface area is 227 Å². The molecule has 12 heteroatoms. The number of benzene rings is 1. The predicted molar refractivity (Wildman–Crippen MR) is 141 cm³/mol. The van der Waals surface area contributed by atoms with E-state index in [-0.39, 0.29) is 23.3 Å². The van der Waals surface area contributed by atoms with Crippen molar-refractivity contribution in [2.24, 2.45) is 0 Å². The zero-order valence-electron chi connectivity index (χ0n) is 21.6. The number of halogens is 3. The number of hydrogen-bond donors (Lipinski definition) is 2. The van der Waals surface area contributed by atoms with Gasteiger partial charge in [-0.2, -0.15) is 13.2 Å². The zero-order valence-corrected chi connectivity index (χ0v) is 21.6. The van der Waals surface area contributed by atoms with Gasteiger partial charge < -0.3 is 16.0 Å². The number of carbonyl (C=O) groups excluding carboxylic acids is 2. The van der Waals surface area contributed by atoms with Crippen molar-refractivity contribution < 1.29 is 22.8 Å². The number of nitrogens with two attached hydrogens (primary N) is 1. The van der Waals surface area contributed by atoms with Crippen LogP contribution >= 0.6 is 0 Å². The number of amides is 2. The van der Waals surface area contributed by atoms with Gasteiger partial charge in [0.25, 0.3) is 5.91 Å². The van der Waals surface area contributed by atoms with Crippen LogP contribution in [-0.2, 0) is 16.4 Å². The number of anilines is 2. The summed E-state index contributed by atoms with van der Waals surface area (Å²) in [6.07, 6.45) is 3.11. The number of alkyl halides is 3. The molecule has 2 aliphatic rings. The van der Waals surface area contributed by atoms with E-state index in [1.165, 1.54) is 0 Å². The normalized spacial score (nSPS) is 21.1. The minimum absolute atomic E-state index is 0.174. The molecule has 0 unspecified atom stereocenters. The molecule has 5 heterocycles. The number of hydrogen-bond acceptors (Lipinski definition) is 6. The molecule has 2 atom stereocenters. The third-order valence-corrected chi connectivity index (χ3v) is 7.87. The smallest absolute Gasteiger partial charge is 0.382 e. The summed E-state index contributed by atoms with van der Waals surface area (Å²) in [5, 5.41) is 2.41. The number of nitrogens with one attached hydrogen (secondary N) is 1. The predicted octanol–water partition coefficient (Wildman–Crippen LogP) is 4.69. The van der Waals surface area contributed by atoms with E-state index in [1.807, 2.05) is 15.5 Å². The van der Waals surface area contributed by atoms with Gasteiger partial charge in [0.15, 0.2) is 0 Å². The van der Waals surface area contributed by atoms with E-state index in [0.29, 0.717) is 35.6 Å². The van der Waals surface area contributed by atoms with E-state index in [4.69, 9.17) is 10.7 Å². The minimum atomic E-state index is -4.55. The van der Waals surface area contributed by atoms with Crippen molar-refractivity contribution in [3.05, 3.63) is 71.9 Å². The molecule has 0 saturated carbocycles. The molecule has 3 N–H and O–H groups in total. The van der Waals surface area contributed by atoms with E-state index in [0.717, 1.165) is 43.4 Å². The number of rotatable bonds is 4. The van der Waals surface area contributed by atoms with E-state index >= 15 is 0 Å². The molecule has 6 rings (SSSR count). The summed E-state index contributed by atoms with van der Waals surface area (Å²) in [6.45, 7) is 2.68. The lowest BCUT2D eigenvalue weighted by atomic mass is 9.79. The van der Waals surface area contributed by atoms with Crippen LogP contribution in [0.2, 0.25) is 0 Å². The fourth-order valence-corrected chi connectivity index (χ4v) is 5.77. The third kappa shape index (κ3) is 4.42. The standard InChI is InChI=1S/C28H26F3N7O2/c1-27(10-8-19-6-7-21(39)38(19)15-27)26-36-22(23-24(32)34-12-13-37(23)26)16-2-4-17(5-3-16)25(40)35-20-14-18(9-11-33-20)28(29,30)31/h2-5,9,11-14,19H,6-8,10,15H2,1H3,(H2,32,34)(H,33,35,40)/t19-,27-/m1/s1. The Balaban J connectivity index is 1.31. The highest BCUT2D eigenvalue weighted by molar-refractivity contribution is 6.04. The molecule has 0 bridgehead atoms. The van der Waals surface area contributed by atoms with Crippen LogP contribution in [0.15, 0.2) is 55.0 Å². The number of nitrogen functional groups attached to an aromatic ring is 1. The lowest BCUT2D eigenvalue weighted by molar-refractivity contribution is -0.137. The summed E-state index contributed by atoms with van der Waals surface area (Å²) in [5.74, 6) is 0.444. The van der Waals surface area contributed by atoms with E-state index in [1.54, 1.807) is 30.5 Å². The van der Waals surface area contributed by atoms with Crippen molar-refractivity contribution >= 4 is 29.0 Å². The third-order valence-electron chi connectivity index (χ3n) is 7.87. The second-order valence-corrected chi connectivity index (χ2v) is 10.6. The highest BCUT2D eigenvalue weighted by atomic mass is 19.4. The Kier molecular flexibility index (Phi) is 6.00. The maximum absolute atomic E-state index is 13.0. The molecular weight excluding hydrogens is 523 g/mol. The first-order chi connectivity index (χ1) is 19.0. The molecule has 4 aromatic rings. The first kappa shape index (κ1) is 25.8. The summed E-state index contributed by atoms with van der Waals surface area (Å²) in [7, 11) is 0. The van der Waals surface area contributed by atoms with Crippen LogP contribution in [0.5, 0.6) is 0 Å². The Bertz CT molecular complexity index is 1630. The molecule has 3 aromatic heterocycles. The molecule has 0 aliphatic carbocycles.